The molecule has 3 N–H and O–H groups in total. The van der Waals surface area contributed by atoms with Crippen LogP contribution in [0.25, 0.3) is 0 Å². The fourth-order valence-electron chi connectivity index (χ4n) is 3.85. The summed E-state index contributed by atoms with van der Waals surface area (Å²) in [6, 6.07) is 5.91. The number of amides is 3. The first-order valence-corrected chi connectivity index (χ1v) is 9.75. The molecule has 3 rings (SSSR count). The number of rotatable bonds is 4. The number of carbonyl (C=O) groups is 3. The number of methoxy groups -OCH3 is 1. The van der Waals surface area contributed by atoms with E-state index in [0.29, 0.717) is 41.1 Å². The predicted octanol–water partition coefficient (Wildman–Crippen LogP) is 3.00. The summed E-state index contributed by atoms with van der Waals surface area (Å²) in [5, 5.41) is 4.15. The number of urea groups is 1. The molecule has 1 aromatic carbocycles. The van der Waals surface area contributed by atoms with Crippen LogP contribution >= 0.6 is 0 Å². The van der Waals surface area contributed by atoms with Crippen molar-refractivity contribution in [2.45, 2.75) is 33.6 Å². The lowest BCUT2D eigenvalue weighted by Crippen LogP contribution is -2.31. The molecule has 0 saturated carbocycles. The van der Waals surface area contributed by atoms with Gasteiger partial charge in [-0.3, -0.25) is 4.79 Å². The van der Waals surface area contributed by atoms with Crippen LogP contribution in [0.3, 0.4) is 0 Å². The Hall–Kier alpha value is -3.62. The molecule has 1 aromatic heterocycles. The Morgan fingerprint density at radius 1 is 1.23 bits per heavy atom. The summed E-state index contributed by atoms with van der Waals surface area (Å²) in [5.74, 6) is -0.184. The number of nitrogens with one attached hydrogen (secondary N) is 1. The molecule has 164 valence electrons. The largest absolute Gasteiger partial charge is 0.465 e. The van der Waals surface area contributed by atoms with E-state index in [2.05, 4.69) is 10.5 Å². The number of nitrogens with zero attached hydrogens (tertiary/aromatic N) is 2. The second kappa shape index (κ2) is 8.25. The number of carbonyl (C=O) groups excluding carboxylic acids is 3. The van der Waals surface area contributed by atoms with E-state index in [-0.39, 0.29) is 16.7 Å². The minimum absolute atomic E-state index is 0.150. The fraction of sp³-hybridized carbons (Fsp3) is 0.364. The van der Waals surface area contributed by atoms with Crippen molar-refractivity contribution < 1.29 is 23.5 Å². The first-order valence-electron chi connectivity index (χ1n) is 9.75. The van der Waals surface area contributed by atoms with Crippen molar-refractivity contribution in [2.75, 3.05) is 19.1 Å². The number of nitrogens with two attached hydrogens (primary N) is 1. The molecule has 9 heteroatoms. The predicted molar refractivity (Wildman–Crippen MR) is 115 cm³/mol. The topological polar surface area (TPSA) is 127 Å². The summed E-state index contributed by atoms with van der Waals surface area (Å²) in [4.78, 5) is 38.0. The Balaban J connectivity index is 2.04. The smallest absolute Gasteiger partial charge is 0.339 e. The number of hydrogen-bond acceptors (Lipinski definition) is 6. The van der Waals surface area contributed by atoms with Crippen molar-refractivity contribution in [3.8, 4) is 0 Å². The van der Waals surface area contributed by atoms with Gasteiger partial charge >= 0.3 is 12.0 Å². The third kappa shape index (κ3) is 4.30. The Kier molecular flexibility index (Phi) is 5.88. The second-order valence-corrected chi connectivity index (χ2v) is 8.28. The fourth-order valence-corrected chi connectivity index (χ4v) is 3.85. The first-order chi connectivity index (χ1) is 14.6. The number of para-hydroxylation sites is 1. The average Bonchev–Trinajstić information content (AvgIpc) is 3.05. The van der Waals surface area contributed by atoms with Crippen molar-refractivity contribution in [1.82, 2.24) is 5.43 Å². The summed E-state index contributed by atoms with van der Waals surface area (Å²) in [7, 11) is 2.85. The van der Waals surface area contributed by atoms with Gasteiger partial charge in [0.05, 0.1) is 24.1 Å². The van der Waals surface area contributed by atoms with Crippen molar-refractivity contribution in [3.05, 3.63) is 52.5 Å². The second-order valence-electron chi connectivity index (χ2n) is 8.28. The molecule has 0 bridgehead atoms. The minimum Gasteiger partial charge on any atom is -0.465 e. The van der Waals surface area contributed by atoms with Crippen LogP contribution in [0.2, 0.25) is 0 Å². The summed E-state index contributed by atoms with van der Waals surface area (Å²) < 4.78 is 10.8. The Morgan fingerprint density at radius 2 is 1.90 bits per heavy atom. The van der Waals surface area contributed by atoms with Gasteiger partial charge < -0.3 is 19.8 Å². The molecule has 2 aromatic rings. The van der Waals surface area contributed by atoms with Gasteiger partial charge in [-0.05, 0) is 30.9 Å². The third-order valence-electron chi connectivity index (χ3n) is 5.26. The maximum atomic E-state index is 13.3. The zero-order chi connectivity index (χ0) is 22.9. The van der Waals surface area contributed by atoms with Crippen LogP contribution in [0, 0.1) is 12.3 Å². The molecule has 0 radical (unpaired) electrons. The van der Waals surface area contributed by atoms with E-state index in [1.54, 1.807) is 38.2 Å². The van der Waals surface area contributed by atoms with E-state index in [1.807, 2.05) is 13.8 Å². The van der Waals surface area contributed by atoms with Crippen LogP contribution in [-0.4, -0.2) is 37.8 Å². The van der Waals surface area contributed by atoms with Crippen LogP contribution in [0.1, 0.15) is 58.1 Å². The highest BCUT2D eigenvalue weighted by atomic mass is 16.5. The highest BCUT2D eigenvalue weighted by molar-refractivity contribution is 6.11. The van der Waals surface area contributed by atoms with Crippen molar-refractivity contribution in [3.63, 3.8) is 0 Å². The molecular weight excluding hydrogens is 400 g/mol. The van der Waals surface area contributed by atoms with Crippen LogP contribution in [0.15, 0.2) is 33.8 Å². The molecule has 0 atom stereocenters. The summed E-state index contributed by atoms with van der Waals surface area (Å²) in [5.41, 5.74) is 9.84. The molecular formula is C22H26N4O5. The van der Waals surface area contributed by atoms with Gasteiger partial charge in [-0.2, -0.15) is 5.10 Å². The van der Waals surface area contributed by atoms with Gasteiger partial charge in [-0.1, -0.05) is 26.0 Å². The molecule has 1 aliphatic rings. The third-order valence-corrected chi connectivity index (χ3v) is 5.26. The molecule has 3 amide bonds. The summed E-state index contributed by atoms with van der Waals surface area (Å²) >= 11 is 0. The number of ether oxygens (including phenoxy) is 1. The van der Waals surface area contributed by atoms with Gasteiger partial charge in [-0.15, -0.1) is 0 Å². The molecule has 1 heterocycles. The Bertz CT molecular complexity index is 1080. The van der Waals surface area contributed by atoms with E-state index in [9.17, 15) is 14.4 Å². The average molecular weight is 426 g/mol. The number of esters is 1. The highest BCUT2D eigenvalue weighted by Gasteiger charge is 2.37. The van der Waals surface area contributed by atoms with Gasteiger partial charge in [0.1, 0.15) is 5.76 Å². The van der Waals surface area contributed by atoms with E-state index in [0.717, 1.165) is 0 Å². The lowest BCUT2D eigenvalue weighted by Gasteiger charge is -2.29. The lowest BCUT2D eigenvalue weighted by molar-refractivity contribution is 0.0601. The number of hydrogen-bond donors (Lipinski definition) is 2. The van der Waals surface area contributed by atoms with Crippen molar-refractivity contribution >= 4 is 29.3 Å². The minimum atomic E-state index is -0.769. The number of hydrazone groups is 1. The van der Waals surface area contributed by atoms with Gasteiger partial charge in [0.15, 0.2) is 5.76 Å². The van der Waals surface area contributed by atoms with Crippen LogP contribution in [-0.2, 0) is 11.2 Å². The van der Waals surface area contributed by atoms with Crippen LogP contribution in [0.4, 0.5) is 10.5 Å². The number of furan rings is 1. The maximum Gasteiger partial charge on any atom is 0.339 e. The van der Waals surface area contributed by atoms with Crippen molar-refractivity contribution in [2.24, 2.45) is 16.3 Å². The normalized spacial score (nSPS) is 15.8. The SMILES string of the molecule is COC(=O)c1ccccc1N(C)C(=O)c1oc2c(c1C)/C(=N\NC(N)=O)CC(C)(C)C2. The molecule has 9 nitrogen and oxygen atoms in total. The number of fused-ring (bicyclic) bond motifs is 1. The van der Waals surface area contributed by atoms with Gasteiger partial charge in [0.2, 0.25) is 0 Å². The molecule has 0 saturated heterocycles. The monoisotopic (exact) mass is 426 g/mol. The molecule has 0 fully saturated rings. The van der Waals surface area contributed by atoms with Crippen molar-refractivity contribution in [1.29, 1.82) is 0 Å². The molecule has 31 heavy (non-hydrogen) atoms. The molecule has 1 aliphatic carbocycles. The van der Waals surface area contributed by atoms with Gasteiger partial charge in [0, 0.05) is 24.6 Å². The number of primary amides is 1. The van der Waals surface area contributed by atoms with Crippen LogP contribution in [0.5, 0.6) is 0 Å². The number of anilines is 1. The zero-order valence-corrected chi connectivity index (χ0v) is 18.2. The van der Waals surface area contributed by atoms with E-state index >= 15 is 0 Å². The Morgan fingerprint density at radius 3 is 2.55 bits per heavy atom. The zero-order valence-electron chi connectivity index (χ0n) is 18.2. The molecule has 0 aliphatic heterocycles. The maximum absolute atomic E-state index is 13.3. The Labute approximate surface area is 180 Å². The van der Waals surface area contributed by atoms with Crippen LogP contribution < -0.4 is 16.1 Å². The van der Waals surface area contributed by atoms with Gasteiger partial charge in [0.25, 0.3) is 5.91 Å². The summed E-state index contributed by atoms with van der Waals surface area (Å²) in [6.45, 7) is 5.87. The van der Waals surface area contributed by atoms with E-state index < -0.39 is 17.9 Å². The lowest BCUT2D eigenvalue weighted by atomic mass is 9.75. The quantitative estimate of drug-likeness (QED) is 0.574. The standard InChI is InChI=1S/C22H26N4O5/c1-12-17-14(24-25-21(23)29)10-22(2,3)11-16(17)31-18(12)19(27)26(4)15-9-7-6-8-13(15)20(28)30-5/h6-9H,10-11H2,1-5H3,(H3,23,25,29)/b24-14-. The first kappa shape index (κ1) is 22.1. The van der Waals surface area contributed by atoms with E-state index in [1.165, 1.54) is 12.0 Å². The molecule has 0 unspecified atom stereocenters. The number of benzene rings is 1. The van der Waals surface area contributed by atoms with E-state index in [4.69, 9.17) is 14.9 Å². The highest BCUT2D eigenvalue weighted by Crippen LogP contribution is 2.39. The molecule has 0 spiro atoms. The van der Waals surface area contributed by atoms with Gasteiger partial charge in [-0.25, -0.2) is 15.0 Å². The summed E-state index contributed by atoms with van der Waals surface area (Å²) in [6.07, 6.45) is 1.18.